The van der Waals surface area contributed by atoms with E-state index in [9.17, 15) is 66.3 Å². The standard InChI is InChI=1S/C59H60F2N9O13P/c60-59(61,84(81,82)83)38-21-23-41-37(31-38)32-43(63-41)53(75)65-44-33-68(49(73)20-11-3-1-2-6-13-34-18-12-19-40-50(34)58(80)70(56(40)78)46-26-28-48(72)66-55(46)77)30-29-39-22-25-45(69(39)57(44)79)54(76)64-42(24-27-47(62)71)52(74)67-51(35-14-7-4-8-15-35)36-16-9-5-10-17-36/h4-5,7-10,12,14-19,21,23,31-32,39,42,44-46,51,63H,1-3,11,20,22,24-30,33H2,(H2,62,71)(H,64,76)(H,65,75)(H,67,74)(H,66,72,77)(H2,81,82,83). The first-order valence-corrected chi connectivity index (χ1v) is 29.0. The summed E-state index contributed by atoms with van der Waals surface area (Å²) in [5.41, 5.74) is 1.80. The molecule has 4 aliphatic rings. The maximum atomic E-state index is 15.0. The SMILES string of the molecule is NC(=O)CCC(NC(=O)C1CCC2CCN(C(=O)CCCCCC#Cc3cccc4c3C(=O)N(C3CCC(=O)NC3=O)C4=O)CC(NC(=O)c3cc4cc(C(F)(F)P(=O)(O)O)ccc4[nH]3)C(=O)N21)C(=O)NC(c1ccccc1)c1ccccc1. The number of aromatic amines is 1. The average Bonchev–Trinajstić information content (AvgIpc) is 2.30. The van der Waals surface area contributed by atoms with Crippen molar-refractivity contribution in [2.75, 3.05) is 13.1 Å². The lowest BCUT2D eigenvalue weighted by Gasteiger charge is -2.39. The molecule has 0 spiro atoms. The quantitative estimate of drug-likeness (QED) is 0.0250. The fourth-order valence-electron chi connectivity index (χ4n) is 11.1. The number of nitrogens with zero attached hydrogens (tertiary/aromatic N) is 3. The van der Waals surface area contributed by atoms with Gasteiger partial charge in [-0.2, -0.15) is 8.78 Å². The van der Waals surface area contributed by atoms with Gasteiger partial charge in [-0.1, -0.05) is 91.1 Å². The van der Waals surface area contributed by atoms with Gasteiger partial charge in [-0.05, 0) is 86.4 Å². The molecular weight excluding hydrogens is 1110 g/mol. The summed E-state index contributed by atoms with van der Waals surface area (Å²) in [6.45, 7) is -0.269. The summed E-state index contributed by atoms with van der Waals surface area (Å²) >= 11 is 0. The van der Waals surface area contributed by atoms with Crippen molar-refractivity contribution >= 4 is 77.6 Å². The number of hydrogen-bond donors (Lipinski definition) is 8. The Bertz CT molecular complexity index is 3530. The number of benzene rings is 4. The number of fused-ring (bicyclic) bond motifs is 3. The van der Waals surface area contributed by atoms with Gasteiger partial charge in [-0.15, -0.1) is 0 Å². The van der Waals surface area contributed by atoms with Gasteiger partial charge in [0.05, 0.1) is 17.2 Å². The Morgan fingerprint density at radius 3 is 2.20 bits per heavy atom. The Morgan fingerprint density at radius 2 is 1.52 bits per heavy atom. The van der Waals surface area contributed by atoms with Crippen LogP contribution in [0.25, 0.3) is 10.9 Å². The molecule has 9 rings (SSSR count). The third kappa shape index (κ3) is 13.0. The van der Waals surface area contributed by atoms with E-state index < -0.39 is 108 Å². The molecular formula is C59H60F2N9O13P. The number of aromatic nitrogens is 1. The highest BCUT2D eigenvalue weighted by Gasteiger charge is 2.51. The van der Waals surface area contributed by atoms with E-state index in [1.807, 2.05) is 60.7 Å². The van der Waals surface area contributed by atoms with Gasteiger partial charge in [-0.3, -0.25) is 62.7 Å². The highest BCUT2D eigenvalue weighted by molar-refractivity contribution is 7.52. The highest BCUT2D eigenvalue weighted by atomic mass is 31.2. The number of carbonyl (C=O) groups is 10. The molecule has 4 aromatic carbocycles. The zero-order valence-electron chi connectivity index (χ0n) is 45.2. The van der Waals surface area contributed by atoms with Gasteiger partial charge in [0.1, 0.15) is 29.9 Å². The lowest BCUT2D eigenvalue weighted by Crippen LogP contribution is -2.62. The monoisotopic (exact) mass is 1170 g/mol. The summed E-state index contributed by atoms with van der Waals surface area (Å²) in [4.78, 5) is 160. The third-order valence-corrected chi connectivity index (χ3v) is 16.5. The summed E-state index contributed by atoms with van der Waals surface area (Å²) in [5.74, 6) is -0.681. The van der Waals surface area contributed by atoms with Gasteiger partial charge in [0, 0.05) is 66.8 Å². The second-order valence-electron chi connectivity index (χ2n) is 21.1. The fraction of sp³-hybridized carbons (Fsp3) is 0.356. The molecule has 0 bridgehead atoms. The number of nitrogens with one attached hydrogen (secondary N) is 5. The molecule has 9 N–H and O–H groups in total. The zero-order chi connectivity index (χ0) is 60.0. The number of H-pyrrole nitrogens is 1. The molecule has 0 saturated carbocycles. The van der Waals surface area contributed by atoms with Crippen LogP contribution in [0.5, 0.6) is 0 Å². The van der Waals surface area contributed by atoms with Crippen LogP contribution in [0.15, 0.2) is 103 Å². The minimum atomic E-state index is -5.95. The Hall–Kier alpha value is -8.91. The van der Waals surface area contributed by atoms with E-state index in [4.69, 9.17) is 5.73 Å². The van der Waals surface area contributed by atoms with Crippen molar-refractivity contribution < 1.29 is 71.1 Å². The first-order chi connectivity index (χ1) is 40.1. The topological polar surface area (TPSA) is 328 Å². The van der Waals surface area contributed by atoms with Gasteiger partial charge in [-0.25, -0.2) is 0 Å². The van der Waals surface area contributed by atoms with Gasteiger partial charge < -0.3 is 46.3 Å². The van der Waals surface area contributed by atoms with Crippen LogP contribution >= 0.6 is 7.60 Å². The number of primary amides is 1. The van der Waals surface area contributed by atoms with Crippen LogP contribution in [0.3, 0.4) is 0 Å². The summed E-state index contributed by atoms with van der Waals surface area (Å²) < 4.78 is 41.1. The normalized spacial score (nSPS) is 19.4. The molecule has 438 valence electrons. The summed E-state index contributed by atoms with van der Waals surface area (Å²) in [6.07, 6.45) is 1.94. The Balaban J connectivity index is 0.892. The van der Waals surface area contributed by atoms with Crippen LogP contribution in [0, 0.1) is 11.8 Å². The van der Waals surface area contributed by atoms with Gasteiger partial charge in [0.2, 0.25) is 41.4 Å². The molecule has 3 fully saturated rings. The smallest absolute Gasteiger partial charge is 0.370 e. The van der Waals surface area contributed by atoms with Gasteiger partial charge in [0.25, 0.3) is 17.7 Å². The first-order valence-electron chi connectivity index (χ1n) is 27.4. The molecule has 10 amide bonds. The number of amides is 10. The predicted octanol–water partition coefficient (Wildman–Crippen LogP) is 4.14. The maximum absolute atomic E-state index is 15.0. The van der Waals surface area contributed by atoms with E-state index in [1.165, 1.54) is 15.9 Å². The molecule has 22 nitrogen and oxygen atoms in total. The van der Waals surface area contributed by atoms with Crippen LogP contribution in [0.2, 0.25) is 0 Å². The van der Waals surface area contributed by atoms with E-state index in [2.05, 4.69) is 38.1 Å². The lowest BCUT2D eigenvalue weighted by molar-refractivity contribution is -0.145. The van der Waals surface area contributed by atoms with E-state index in [0.717, 1.165) is 40.3 Å². The average molecular weight is 1170 g/mol. The molecule has 0 aliphatic carbocycles. The Labute approximate surface area is 479 Å². The number of nitrogens with two attached hydrogens (primary N) is 1. The zero-order valence-corrected chi connectivity index (χ0v) is 46.1. The van der Waals surface area contributed by atoms with E-state index in [1.54, 1.807) is 12.1 Å². The van der Waals surface area contributed by atoms with Crippen LogP contribution in [0.1, 0.15) is 137 Å². The molecule has 1 aromatic heterocycles. The molecule has 5 unspecified atom stereocenters. The molecule has 4 aliphatic heterocycles. The number of halogens is 2. The van der Waals surface area contributed by atoms with E-state index in [0.29, 0.717) is 31.2 Å². The minimum absolute atomic E-state index is 0.00260. The largest absolute Gasteiger partial charge is 0.399 e. The van der Waals surface area contributed by atoms with Crippen molar-refractivity contribution in [3.05, 3.63) is 142 Å². The Morgan fingerprint density at radius 1 is 0.810 bits per heavy atom. The minimum Gasteiger partial charge on any atom is -0.370 e. The van der Waals surface area contributed by atoms with Crippen molar-refractivity contribution in [1.29, 1.82) is 0 Å². The number of carbonyl (C=O) groups excluding carboxylic acids is 10. The molecule has 25 heteroatoms. The second-order valence-corrected chi connectivity index (χ2v) is 22.7. The number of hydrogen-bond acceptors (Lipinski definition) is 11. The van der Waals surface area contributed by atoms with Gasteiger partial charge in [0.15, 0.2) is 0 Å². The molecule has 5 aromatic rings. The van der Waals surface area contributed by atoms with Crippen molar-refractivity contribution in [1.82, 2.24) is 41.0 Å². The summed E-state index contributed by atoms with van der Waals surface area (Å²) in [5, 5.41) is 10.6. The third-order valence-electron chi connectivity index (χ3n) is 15.5. The molecule has 5 atom stereocenters. The molecule has 5 heterocycles. The number of piperidine rings is 1. The van der Waals surface area contributed by atoms with Crippen LogP contribution in [-0.2, 0) is 43.8 Å². The van der Waals surface area contributed by atoms with E-state index in [-0.39, 0.29) is 98.1 Å². The number of imide groups is 2. The van der Waals surface area contributed by atoms with Gasteiger partial charge >= 0.3 is 13.3 Å². The summed E-state index contributed by atoms with van der Waals surface area (Å²) in [6, 6.07) is 20.3. The molecule has 84 heavy (non-hydrogen) atoms. The van der Waals surface area contributed by atoms with Crippen LogP contribution < -0.4 is 27.0 Å². The van der Waals surface area contributed by atoms with E-state index >= 15 is 4.79 Å². The fourth-order valence-corrected chi connectivity index (χ4v) is 11.6. The number of rotatable bonds is 19. The van der Waals surface area contributed by atoms with Crippen molar-refractivity contribution in [3.8, 4) is 11.8 Å². The summed E-state index contributed by atoms with van der Waals surface area (Å²) in [7, 11) is -5.95. The number of alkyl halides is 2. The van der Waals surface area contributed by atoms with Crippen LogP contribution in [0.4, 0.5) is 8.78 Å². The Kier molecular flexibility index (Phi) is 18.0. The van der Waals surface area contributed by atoms with Crippen molar-refractivity contribution in [2.45, 2.75) is 119 Å². The highest BCUT2D eigenvalue weighted by Crippen LogP contribution is 2.59. The molecule has 0 radical (unpaired) electrons. The number of unbranched alkanes of at least 4 members (excludes halogenated alkanes) is 3. The predicted molar refractivity (Wildman–Crippen MR) is 297 cm³/mol. The van der Waals surface area contributed by atoms with Crippen molar-refractivity contribution in [2.24, 2.45) is 5.73 Å². The maximum Gasteiger partial charge on any atom is 0.399 e. The van der Waals surface area contributed by atoms with Crippen LogP contribution in [-0.4, -0.2) is 132 Å². The van der Waals surface area contributed by atoms with Crippen molar-refractivity contribution in [3.63, 3.8) is 0 Å². The first kappa shape index (κ1) is 59.7. The second kappa shape index (κ2) is 25.3. The molecule has 3 saturated heterocycles. The lowest BCUT2D eigenvalue weighted by atomic mass is 9.98.